The summed E-state index contributed by atoms with van der Waals surface area (Å²) in [4.78, 5) is 24.9. The predicted molar refractivity (Wildman–Crippen MR) is 133 cm³/mol. The summed E-state index contributed by atoms with van der Waals surface area (Å²) >= 11 is 0. The highest BCUT2D eigenvalue weighted by molar-refractivity contribution is 5.79. The molecule has 0 spiro atoms. The van der Waals surface area contributed by atoms with Crippen LogP contribution < -0.4 is 10.6 Å². The second kappa shape index (κ2) is 18.2. The molecule has 3 aliphatic heterocycles. The first kappa shape index (κ1) is 31.8. The zero-order valence-electron chi connectivity index (χ0n) is 21.2. The van der Waals surface area contributed by atoms with Crippen LogP contribution in [-0.2, 0) is 23.8 Å². The highest BCUT2D eigenvalue weighted by Gasteiger charge is 2.23. The fourth-order valence-corrected chi connectivity index (χ4v) is 3.62. The summed E-state index contributed by atoms with van der Waals surface area (Å²) in [5.74, 6) is 0.833. The van der Waals surface area contributed by atoms with Crippen LogP contribution in [-0.4, -0.2) is 87.6 Å². The van der Waals surface area contributed by atoms with E-state index in [4.69, 9.17) is 14.2 Å². The van der Waals surface area contributed by atoms with Gasteiger partial charge in [0.05, 0.1) is 25.7 Å². The molecule has 3 saturated heterocycles. The molecular weight excluding hydrogens is 422 g/mol. The molecule has 2 amide bonds. The Morgan fingerprint density at radius 1 is 0.818 bits per heavy atom. The van der Waals surface area contributed by atoms with Gasteiger partial charge in [0.25, 0.3) is 0 Å². The van der Waals surface area contributed by atoms with E-state index in [1.54, 1.807) is 0 Å². The van der Waals surface area contributed by atoms with E-state index < -0.39 is 0 Å². The van der Waals surface area contributed by atoms with Gasteiger partial charge in [0, 0.05) is 57.5 Å². The van der Waals surface area contributed by atoms with E-state index in [0.29, 0.717) is 25.0 Å². The van der Waals surface area contributed by atoms with Gasteiger partial charge in [0.1, 0.15) is 0 Å². The molecule has 33 heavy (non-hydrogen) atoms. The van der Waals surface area contributed by atoms with Crippen molar-refractivity contribution < 1.29 is 23.8 Å². The minimum atomic E-state index is 0. The zero-order chi connectivity index (χ0) is 23.9. The minimum absolute atomic E-state index is 0. The molecule has 0 radical (unpaired) electrons. The summed E-state index contributed by atoms with van der Waals surface area (Å²) in [5.41, 5.74) is 0. The maximum absolute atomic E-state index is 11.3. The summed E-state index contributed by atoms with van der Waals surface area (Å²) in [6.45, 7) is 19.3. The standard InChI is InChI=1S/C9H17NO2.C8H15NO2.C7H15NO.CH4/c1-7(2)10-9(11)5-8-3-4-12-6-8;1-6(2)9-8(10)7-3-4-11-5-7;1-7(2)8-3-5-9-6-4-8;/h7-8H,3-6H2,1-2H3,(H,10,11);6-7H,3-5H2,1-2H3,(H,9,10);7H,3-6H2,1-2H3;1H4. The first-order chi connectivity index (χ1) is 15.2. The van der Waals surface area contributed by atoms with Gasteiger partial charge in [-0.05, 0) is 60.3 Å². The number of amides is 2. The van der Waals surface area contributed by atoms with Gasteiger partial charge in [-0.25, -0.2) is 0 Å². The largest absolute Gasteiger partial charge is 0.381 e. The summed E-state index contributed by atoms with van der Waals surface area (Å²) in [7, 11) is 0. The number of carbonyl (C=O) groups excluding carboxylic acids is 2. The van der Waals surface area contributed by atoms with Gasteiger partial charge in [0.2, 0.25) is 11.8 Å². The van der Waals surface area contributed by atoms with Gasteiger partial charge in [-0.3, -0.25) is 14.5 Å². The van der Waals surface area contributed by atoms with Gasteiger partial charge in [-0.15, -0.1) is 0 Å². The fraction of sp³-hybridized carbons (Fsp3) is 0.920. The maximum Gasteiger partial charge on any atom is 0.225 e. The van der Waals surface area contributed by atoms with E-state index in [-0.39, 0.29) is 37.2 Å². The molecule has 8 nitrogen and oxygen atoms in total. The van der Waals surface area contributed by atoms with Crippen molar-refractivity contribution in [1.29, 1.82) is 0 Å². The smallest absolute Gasteiger partial charge is 0.225 e. The summed E-state index contributed by atoms with van der Waals surface area (Å²) in [6.07, 6.45) is 2.53. The molecule has 2 N–H and O–H groups in total. The van der Waals surface area contributed by atoms with Crippen molar-refractivity contribution in [2.45, 2.75) is 86.4 Å². The lowest BCUT2D eigenvalue weighted by atomic mass is 10.0. The zero-order valence-corrected chi connectivity index (χ0v) is 21.2. The second-order valence-corrected chi connectivity index (χ2v) is 9.62. The first-order valence-corrected chi connectivity index (χ1v) is 12.3. The average Bonchev–Trinajstić information content (AvgIpc) is 3.43. The van der Waals surface area contributed by atoms with Crippen molar-refractivity contribution in [1.82, 2.24) is 15.5 Å². The van der Waals surface area contributed by atoms with Crippen LogP contribution in [0.25, 0.3) is 0 Å². The van der Waals surface area contributed by atoms with Gasteiger partial charge in [-0.1, -0.05) is 7.43 Å². The number of hydrogen-bond donors (Lipinski definition) is 2. The molecule has 8 heteroatoms. The molecule has 3 fully saturated rings. The van der Waals surface area contributed by atoms with E-state index in [9.17, 15) is 9.59 Å². The average molecular weight is 474 g/mol. The third-order valence-electron chi connectivity index (χ3n) is 5.46. The van der Waals surface area contributed by atoms with Crippen LogP contribution in [0.4, 0.5) is 0 Å². The van der Waals surface area contributed by atoms with Crippen LogP contribution in [0.1, 0.15) is 68.2 Å². The molecule has 0 aliphatic carbocycles. The van der Waals surface area contributed by atoms with Crippen molar-refractivity contribution in [2.75, 3.05) is 52.7 Å². The summed E-state index contributed by atoms with van der Waals surface area (Å²) < 4.78 is 15.5. The lowest BCUT2D eigenvalue weighted by molar-refractivity contribution is -0.125. The Morgan fingerprint density at radius 2 is 1.39 bits per heavy atom. The van der Waals surface area contributed by atoms with Gasteiger partial charge in [0.15, 0.2) is 0 Å². The lowest BCUT2D eigenvalue weighted by Gasteiger charge is -2.29. The molecule has 0 saturated carbocycles. The molecule has 0 aromatic rings. The number of carbonyl (C=O) groups is 2. The maximum atomic E-state index is 11.3. The van der Waals surface area contributed by atoms with Gasteiger partial charge in [-0.2, -0.15) is 0 Å². The van der Waals surface area contributed by atoms with Crippen LogP contribution in [0.5, 0.6) is 0 Å². The van der Waals surface area contributed by atoms with Crippen molar-refractivity contribution in [3.05, 3.63) is 0 Å². The Hall–Kier alpha value is -1.22. The van der Waals surface area contributed by atoms with Gasteiger partial charge >= 0.3 is 0 Å². The van der Waals surface area contributed by atoms with E-state index >= 15 is 0 Å². The van der Waals surface area contributed by atoms with Gasteiger partial charge < -0.3 is 24.8 Å². The molecule has 3 aliphatic rings. The quantitative estimate of drug-likeness (QED) is 0.617. The summed E-state index contributed by atoms with van der Waals surface area (Å²) in [6, 6.07) is 1.18. The number of rotatable bonds is 6. The normalized spacial score (nSPS) is 22.7. The second-order valence-electron chi connectivity index (χ2n) is 9.62. The number of nitrogens with one attached hydrogen (secondary N) is 2. The minimum Gasteiger partial charge on any atom is -0.381 e. The number of morpholine rings is 1. The summed E-state index contributed by atoms with van der Waals surface area (Å²) in [5, 5.41) is 5.74. The molecule has 0 aromatic heterocycles. The Balaban J connectivity index is 0.000000463. The first-order valence-electron chi connectivity index (χ1n) is 12.3. The fourth-order valence-electron chi connectivity index (χ4n) is 3.62. The molecule has 196 valence electrons. The molecule has 3 heterocycles. The van der Waals surface area contributed by atoms with Crippen LogP contribution in [0.3, 0.4) is 0 Å². The van der Waals surface area contributed by atoms with Crippen molar-refractivity contribution in [3.8, 4) is 0 Å². The third-order valence-corrected chi connectivity index (χ3v) is 5.46. The predicted octanol–water partition coefficient (Wildman–Crippen LogP) is 2.85. The van der Waals surface area contributed by atoms with Crippen molar-refractivity contribution in [3.63, 3.8) is 0 Å². The van der Waals surface area contributed by atoms with E-state index in [1.165, 1.54) is 0 Å². The molecule has 2 atom stereocenters. The van der Waals surface area contributed by atoms with E-state index in [1.807, 2.05) is 27.7 Å². The molecular formula is C25H51N3O5. The topological polar surface area (TPSA) is 89.1 Å². The number of ether oxygens (including phenoxy) is 3. The number of hydrogen-bond acceptors (Lipinski definition) is 6. The lowest BCUT2D eigenvalue weighted by Crippen LogP contribution is -2.40. The number of nitrogens with zero attached hydrogens (tertiary/aromatic N) is 1. The van der Waals surface area contributed by atoms with Crippen LogP contribution >= 0.6 is 0 Å². The third kappa shape index (κ3) is 15.3. The van der Waals surface area contributed by atoms with E-state index in [0.717, 1.165) is 59.0 Å². The molecule has 3 rings (SSSR count). The Labute approximate surface area is 202 Å². The van der Waals surface area contributed by atoms with E-state index in [2.05, 4.69) is 29.4 Å². The van der Waals surface area contributed by atoms with Crippen molar-refractivity contribution in [2.24, 2.45) is 11.8 Å². The van der Waals surface area contributed by atoms with Crippen LogP contribution in [0.15, 0.2) is 0 Å². The van der Waals surface area contributed by atoms with Crippen LogP contribution in [0, 0.1) is 11.8 Å². The Morgan fingerprint density at radius 3 is 1.82 bits per heavy atom. The Bertz CT molecular complexity index is 510. The van der Waals surface area contributed by atoms with Crippen LogP contribution in [0.2, 0.25) is 0 Å². The molecule has 0 bridgehead atoms. The van der Waals surface area contributed by atoms with Crippen molar-refractivity contribution >= 4 is 11.8 Å². The molecule has 2 unspecified atom stereocenters. The molecule has 0 aromatic carbocycles. The highest BCUT2D eigenvalue weighted by Crippen LogP contribution is 2.15. The SMILES string of the molecule is C.CC(C)N1CCOCC1.CC(C)NC(=O)C1CCOC1.CC(C)NC(=O)CC1CCOC1. The highest BCUT2D eigenvalue weighted by atomic mass is 16.5. The Kier molecular flexibility index (Phi) is 17.5. The monoisotopic (exact) mass is 473 g/mol.